The van der Waals surface area contributed by atoms with Crippen molar-refractivity contribution in [3.05, 3.63) is 29.3 Å². The average Bonchev–Trinajstić information content (AvgIpc) is 2.86. The van der Waals surface area contributed by atoms with Crippen LogP contribution >= 0.6 is 0 Å². The number of benzene rings is 1. The molecule has 2 atom stereocenters. The van der Waals surface area contributed by atoms with Gasteiger partial charge in [0.15, 0.2) is 0 Å². The number of hydrogen-bond donors (Lipinski definition) is 4. The Kier molecular flexibility index (Phi) is 12.7. The van der Waals surface area contributed by atoms with Crippen LogP contribution in [0.1, 0.15) is 109 Å². The van der Waals surface area contributed by atoms with E-state index in [9.17, 15) is 24.3 Å². The first-order chi connectivity index (χ1) is 18.8. The van der Waals surface area contributed by atoms with Crippen molar-refractivity contribution in [1.29, 1.82) is 0 Å². The summed E-state index contributed by atoms with van der Waals surface area (Å²) in [6.07, 6.45) is 7.00. The molecule has 1 aliphatic carbocycles. The second-order valence-electron chi connectivity index (χ2n) is 11.8. The summed E-state index contributed by atoms with van der Waals surface area (Å²) in [4.78, 5) is 54.1. The van der Waals surface area contributed by atoms with Gasteiger partial charge in [-0.3, -0.25) is 14.4 Å². The summed E-state index contributed by atoms with van der Waals surface area (Å²) in [5, 5.41) is 15.8. The topological polar surface area (TPSA) is 151 Å². The molecule has 4 amide bonds. The van der Waals surface area contributed by atoms with Crippen LogP contribution in [0.5, 0.6) is 5.75 Å². The Hall–Kier alpha value is -3.30. The number of alkyl carbamates (subject to hydrolysis) is 1. The van der Waals surface area contributed by atoms with Crippen molar-refractivity contribution in [2.24, 2.45) is 5.73 Å². The maximum absolute atomic E-state index is 14.1. The number of rotatable bonds is 13. The van der Waals surface area contributed by atoms with Crippen molar-refractivity contribution in [1.82, 2.24) is 15.5 Å². The van der Waals surface area contributed by atoms with E-state index in [-0.39, 0.29) is 24.2 Å². The van der Waals surface area contributed by atoms with Crippen molar-refractivity contribution < 1.29 is 29.0 Å². The number of amides is 4. The van der Waals surface area contributed by atoms with Gasteiger partial charge in [-0.15, -0.1) is 0 Å². The summed E-state index contributed by atoms with van der Waals surface area (Å²) in [5.74, 6) is -1.63. The monoisotopic (exact) mass is 560 g/mol. The molecule has 0 heterocycles. The fourth-order valence-electron chi connectivity index (χ4n) is 4.98. The minimum absolute atomic E-state index is 0.000287. The highest BCUT2D eigenvalue weighted by Gasteiger charge is 2.37. The molecule has 0 bridgehead atoms. The maximum Gasteiger partial charge on any atom is 0.408 e. The Labute approximate surface area is 238 Å². The summed E-state index contributed by atoms with van der Waals surface area (Å²) in [7, 11) is 0. The predicted octanol–water partition coefficient (Wildman–Crippen LogP) is 4.37. The molecule has 0 saturated heterocycles. The van der Waals surface area contributed by atoms with Gasteiger partial charge < -0.3 is 31.1 Å². The fourth-order valence-corrected chi connectivity index (χ4v) is 4.98. The van der Waals surface area contributed by atoms with Gasteiger partial charge in [-0.2, -0.15) is 0 Å². The second-order valence-corrected chi connectivity index (χ2v) is 11.8. The molecule has 10 nitrogen and oxygen atoms in total. The highest BCUT2D eigenvalue weighted by Crippen LogP contribution is 2.29. The number of nitrogens with two attached hydrogens (primary N) is 1. The number of nitrogens with zero attached hydrogens (tertiary/aromatic N) is 1. The summed E-state index contributed by atoms with van der Waals surface area (Å²) in [5.41, 5.74) is 5.74. The lowest BCUT2D eigenvalue weighted by Gasteiger charge is -2.35. The van der Waals surface area contributed by atoms with E-state index in [1.165, 1.54) is 11.0 Å². The summed E-state index contributed by atoms with van der Waals surface area (Å²) < 4.78 is 5.33. The van der Waals surface area contributed by atoms with Crippen LogP contribution < -0.4 is 16.4 Å². The molecule has 1 aliphatic rings. The molecule has 224 valence electrons. The van der Waals surface area contributed by atoms with E-state index in [4.69, 9.17) is 10.5 Å². The van der Waals surface area contributed by atoms with Crippen molar-refractivity contribution in [3.63, 3.8) is 0 Å². The van der Waals surface area contributed by atoms with Gasteiger partial charge in [0.05, 0.1) is 6.42 Å². The quantitative estimate of drug-likeness (QED) is 0.263. The standard InChI is InChI=1S/C30H48N4O6/c1-6-7-8-12-17-34(28(38)23(19-25(31)36)33-29(39)40-30(3,4)5)26(21-15-16-24(35)20(2)18-21)27(37)32-22-13-10-9-11-14-22/h15-16,18,22-23,26,35H,6-14,17,19H2,1-5H3,(H2,31,36)(H,32,37)(H,33,39). The number of aryl methyl sites for hydroxylation is 1. The van der Waals surface area contributed by atoms with E-state index in [1.54, 1.807) is 39.8 Å². The Morgan fingerprint density at radius 2 is 1.77 bits per heavy atom. The van der Waals surface area contributed by atoms with Gasteiger partial charge in [0.2, 0.25) is 17.7 Å². The van der Waals surface area contributed by atoms with Crippen LogP contribution in [0.4, 0.5) is 4.79 Å². The highest BCUT2D eigenvalue weighted by atomic mass is 16.6. The third kappa shape index (κ3) is 10.7. The first-order valence-corrected chi connectivity index (χ1v) is 14.5. The molecule has 2 unspecified atom stereocenters. The number of nitrogens with one attached hydrogen (secondary N) is 2. The molecule has 1 aromatic rings. The maximum atomic E-state index is 14.1. The first kappa shape index (κ1) is 32.9. The number of carbonyl (C=O) groups is 4. The highest BCUT2D eigenvalue weighted by molar-refractivity contribution is 5.94. The molecule has 1 fully saturated rings. The van der Waals surface area contributed by atoms with Crippen molar-refractivity contribution in [3.8, 4) is 5.75 Å². The zero-order chi connectivity index (χ0) is 29.9. The number of ether oxygens (including phenoxy) is 1. The number of primary amides is 1. The summed E-state index contributed by atoms with van der Waals surface area (Å²) in [6.45, 7) is 9.11. The number of unbranched alkanes of at least 4 members (excludes halogenated alkanes) is 3. The van der Waals surface area contributed by atoms with Crippen molar-refractivity contribution in [2.75, 3.05) is 6.54 Å². The Morgan fingerprint density at radius 1 is 1.10 bits per heavy atom. The van der Waals surface area contributed by atoms with Crippen LogP contribution in [0, 0.1) is 6.92 Å². The molecule has 0 aliphatic heterocycles. The van der Waals surface area contributed by atoms with Crippen LogP contribution in [0.25, 0.3) is 0 Å². The normalized spacial score (nSPS) is 15.5. The fraction of sp³-hybridized carbons (Fsp3) is 0.667. The van der Waals surface area contributed by atoms with E-state index in [2.05, 4.69) is 17.6 Å². The van der Waals surface area contributed by atoms with E-state index in [0.29, 0.717) is 17.5 Å². The van der Waals surface area contributed by atoms with Crippen LogP contribution in [0.2, 0.25) is 0 Å². The molecule has 0 spiro atoms. The van der Waals surface area contributed by atoms with Gasteiger partial charge in [-0.25, -0.2) is 4.79 Å². The third-order valence-corrected chi connectivity index (χ3v) is 6.98. The van der Waals surface area contributed by atoms with Crippen LogP contribution in [0.3, 0.4) is 0 Å². The SMILES string of the molecule is CCCCCCN(C(=O)C(CC(N)=O)NC(=O)OC(C)(C)C)C(C(=O)NC1CCCCC1)c1ccc(O)c(C)c1. The Morgan fingerprint density at radius 3 is 2.35 bits per heavy atom. The Balaban J connectivity index is 2.51. The van der Waals surface area contributed by atoms with Crippen LogP contribution in [0.15, 0.2) is 18.2 Å². The smallest absolute Gasteiger partial charge is 0.408 e. The van der Waals surface area contributed by atoms with E-state index in [0.717, 1.165) is 51.4 Å². The number of phenols is 1. The number of phenolic OH excluding ortho intramolecular Hbond substituents is 1. The second kappa shape index (κ2) is 15.5. The van der Waals surface area contributed by atoms with Crippen LogP contribution in [-0.4, -0.2) is 58.1 Å². The molecular weight excluding hydrogens is 512 g/mol. The molecular formula is C30H48N4O6. The zero-order valence-corrected chi connectivity index (χ0v) is 24.8. The third-order valence-electron chi connectivity index (χ3n) is 6.98. The Bertz CT molecular complexity index is 1020. The van der Waals surface area contributed by atoms with Crippen molar-refractivity contribution in [2.45, 2.75) is 123 Å². The molecule has 1 aromatic carbocycles. The van der Waals surface area contributed by atoms with Gasteiger partial charge in [0.25, 0.3) is 0 Å². The molecule has 0 radical (unpaired) electrons. The van der Waals surface area contributed by atoms with E-state index < -0.39 is 42.0 Å². The molecule has 5 N–H and O–H groups in total. The minimum atomic E-state index is -1.32. The van der Waals surface area contributed by atoms with Gasteiger partial charge in [0, 0.05) is 12.6 Å². The largest absolute Gasteiger partial charge is 0.508 e. The number of hydrogen-bond acceptors (Lipinski definition) is 6. The van der Waals surface area contributed by atoms with Gasteiger partial charge >= 0.3 is 6.09 Å². The lowest BCUT2D eigenvalue weighted by molar-refractivity contribution is -0.143. The summed E-state index contributed by atoms with van der Waals surface area (Å²) in [6, 6.07) is 2.47. The molecule has 1 saturated carbocycles. The summed E-state index contributed by atoms with van der Waals surface area (Å²) >= 11 is 0. The van der Waals surface area contributed by atoms with Crippen molar-refractivity contribution >= 4 is 23.8 Å². The lowest BCUT2D eigenvalue weighted by atomic mass is 9.94. The van der Waals surface area contributed by atoms with E-state index >= 15 is 0 Å². The predicted molar refractivity (Wildman–Crippen MR) is 153 cm³/mol. The van der Waals surface area contributed by atoms with Crippen LogP contribution in [-0.2, 0) is 19.1 Å². The van der Waals surface area contributed by atoms with Gasteiger partial charge in [-0.1, -0.05) is 51.5 Å². The molecule has 40 heavy (non-hydrogen) atoms. The zero-order valence-electron chi connectivity index (χ0n) is 24.8. The number of aromatic hydroxyl groups is 1. The van der Waals surface area contributed by atoms with E-state index in [1.807, 2.05) is 0 Å². The molecule has 10 heteroatoms. The van der Waals surface area contributed by atoms with Gasteiger partial charge in [0.1, 0.15) is 23.4 Å². The first-order valence-electron chi connectivity index (χ1n) is 14.5. The molecule has 0 aromatic heterocycles. The lowest BCUT2D eigenvalue weighted by Crippen LogP contribution is -2.55. The number of carbonyl (C=O) groups excluding carboxylic acids is 4. The molecule has 2 rings (SSSR count). The minimum Gasteiger partial charge on any atom is -0.508 e. The average molecular weight is 561 g/mol. The van der Waals surface area contributed by atoms with Gasteiger partial charge in [-0.05, 0) is 70.2 Å².